The SMILES string of the molecule is CC(C)N1CCC(CNc2nc3ccc(Cl)cn3n2)C1. The Bertz CT molecular complexity index is 594. The smallest absolute Gasteiger partial charge is 0.243 e. The summed E-state index contributed by atoms with van der Waals surface area (Å²) in [7, 11) is 0. The minimum atomic E-state index is 0.635. The molecule has 0 saturated carbocycles. The van der Waals surface area contributed by atoms with Crippen molar-refractivity contribution in [1.82, 2.24) is 19.5 Å². The quantitative estimate of drug-likeness (QED) is 0.941. The van der Waals surface area contributed by atoms with E-state index in [0.29, 0.717) is 22.9 Å². The molecular formula is C14H20ClN5. The van der Waals surface area contributed by atoms with E-state index in [9.17, 15) is 0 Å². The van der Waals surface area contributed by atoms with Gasteiger partial charge in [-0.2, -0.15) is 4.98 Å². The van der Waals surface area contributed by atoms with E-state index < -0.39 is 0 Å². The fraction of sp³-hybridized carbons (Fsp3) is 0.571. The first-order chi connectivity index (χ1) is 9.61. The highest BCUT2D eigenvalue weighted by Gasteiger charge is 2.24. The first kappa shape index (κ1) is 13.6. The molecule has 1 unspecified atom stereocenters. The van der Waals surface area contributed by atoms with Crippen LogP contribution in [0, 0.1) is 5.92 Å². The summed E-state index contributed by atoms with van der Waals surface area (Å²) in [5, 5.41) is 8.39. The van der Waals surface area contributed by atoms with Crippen LogP contribution in [0.1, 0.15) is 20.3 Å². The van der Waals surface area contributed by atoms with Crippen LogP contribution in [0.5, 0.6) is 0 Å². The van der Waals surface area contributed by atoms with Crippen molar-refractivity contribution in [2.24, 2.45) is 5.92 Å². The number of nitrogens with one attached hydrogen (secondary N) is 1. The Kier molecular flexibility index (Phi) is 3.81. The maximum atomic E-state index is 5.94. The van der Waals surface area contributed by atoms with Gasteiger partial charge in [0.1, 0.15) is 0 Å². The molecule has 2 aromatic rings. The highest BCUT2D eigenvalue weighted by atomic mass is 35.5. The third-order valence-corrected chi connectivity index (χ3v) is 4.11. The average Bonchev–Trinajstić information content (AvgIpc) is 3.01. The van der Waals surface area contributed by atoms with E-state index in [4.69, 9.17) is 11.6 Å². The van der Waals surface area contributed by atoms with Crippen LogP contribution < -0.4 is 5.32 Å². The number of fused-ring (bicyclic) bond motifs is 1. The second-order valence-electron chi connectivity index (χ2n) is 5.71. The zero-order valence-electron chi connectivity index (χ0n) is 11.9. The first-order valence-corrected chi connectivity index (χ1v) is 7.49. The number of hydrogen-bond donors (Lipinski definition) is 1. The van der Waals surface area contributed by atoms with Gasteiger partial charge in [0.05, 0.1) is 5.02 Å². The Morgan fingerprint density at radius 2 is 2.30 bits per heavy atom. The Morgan fingerprint density at radius 1 is 1.45 bits per heavy atom. The molecule has 6 heteroatoms. The molecule has 0 amide bonds. The first-order valence-electron chi connectivity index (χ1n) is 7.11. The van der Waals surface area contributed by atoms with Gasteiger partial charge in [-0.15, -0.1) is 5.10 Å². The minimum Gasteiger partial charge on any atom is -0.353 e. The van der Waals surface area contributed by atoms with Crippen LogP contribution in [0.25, 0.3) is 5.65 Å². The lowest BCUT2D eigenvalue weighted by atomic mass is 10.1. The van der Waals surface area contributed by atoms with Gasteiger partial charge in [0.25, 0.3) is 0 Å². The summed E-state index contributed by atoms with van der Waals surface area (Å²) in [5.41, 5.74) is 0.812. The highest BCUT2D eigenvalue weighted by molar-refractivity contribution is 6.30. The summed E-state index contributed by atoms with van der Waals surface area (Å²) in [6.07, 6.45) is 3.01. The van der Waals surface area contributed by atoms with E-state index in [0.717, 1.165) is 18.7 Å². The molecule has 3 heterocycles. The number of nitrogens with zero attached hydrogens (tertiary/aromatic N) is 4. The second-order valence-corrected chi connectivity index (χ2v) is 6.15. The number of pyridine rings is 1. The highest BCUT2D eigenvalue weighted by Crippen LogP contribution is 2.19. The normalized spacial score (nSPS) is 20.1. The van der Waals surface area contributed by atoms with Crippen molar-refractivity contribution in [3.8, 4) is 0 Å². The van der Waals surface area contributed by atoms with Crippen LogP contribution in [0.4, 0.5) is 5.95 Å². The summed E-state index contributed by atoms with van der Waals surface area (Å²) in [5.74, 6) is 1.35. The largest absolute Gasteiger partial charge is 0.353 e. The Morgan fingerprint density at radius 3 is 3.05 bits per heavy atom. The van der Waals surface area contributed by atoms with E-state index in [1.165, 1.54) is 13.0 Å². The van der Waals surface area contributed by atoms with E-state index in [1.54, 1.807) is 10.7 Å². The molecule has 5 nitrogen and oxygen atoms in total. The molecule has 1 atom stereocenters. The van der Waals surface area contributed by atoms with Crippen LogP contribution in [-0.2, 0) is 0 Å². The molecule has 2 aromatic heterocycles. The standard InChI is InChI=1S/C14H20ClN5/c1-10(2)19-6-5-11(8-19)7-16-14-17-13-4-3-12(15)9-20(13)18-14/h3-4,9-11H,5-8H2,1-2H3,(H,16,18). The van der Waals surface area contributed by atoms with Crippen molar-refractivity contribution in [3.05, 3.63) is 23.4 Å². The van der Waals surface area contributed by atoms with Gasteiger partial charge in [-0.1, -0.05) is 11.6 Å². The molecule has 3 rings (SSSR count). The van der Waals surface area contributed by atoms with Crippen molar-refractivity contribution < 1.29 is 0 Å². The van der Waals surface area contributed by atoms with Crippen molar-refractivity contribution in [1.29, 1.82) is 0 Å². The molecule has 0 aromatic carbocycles. The number of likely N-dealkylation sites (tertiary alicyclic amines) is 1. The molecule has 0 bridgehead atoms. The molecule has 0 spiro atoms. The zero-order chi connectivity index (χ0) is 14.1. The van der Waals surface area contributed by atoms with Gasteiger partial charge >= 0.3 is 0 Å². The maximum absolute atomic E-state index is 5.94. The summed E-state index contributed by atoms with van der Waals surface area (Å²) < 4.78 is 1.71. The van der Waals surface area contributed by atoms with E-state index in [1.807, 2.05) is 12.1 Å². The van der Waals surface area contributed by atoms with Gasteiger partial charge < -0.3 is 10.2 Å². The van der Waals surface area contributed by atoms with Gasteiger partial charge in [-0.25, -0.2) is 4.52 Å². The fourth-order valence-electron chi connectivity index (χ4n) is 2.67. The Labute approximate surface area is 123 Å². The minimum absolute atomic E-state index is 0.635. The van der Waals surface area contributed by atoms with Crippen molar-refractivity contribution >= 4 is 23.2 Å². The molecule has 1 saturated heterocycles. The van der Waals surface area contributed by atoms with Crippen LogP contribution in [-0.4, -0.2) is 45.2 Å². The number of halogens is 1. The third-order valence-electron chi connectivity index (χ3n) is 3.89. The zero-order valence-corrected chi connectivity index (χ0v) is 12.6. The summed E-state index contributed by atoms with van der Waals surface area (Å²) in [6.45, 7) is 7.78. The topological polar surface area (TPSA) is 45.5 Å². The third kappa shape index (κ3) is 2.88. The number of aromatic nitrogens is 3. The molecule has 1 N–H and O–H groups in total. The molecule has 1 fully saturated rings. The van der Waals surface area contributed by atoms with Crippen LogP contribution >= 0.6 is 11.6 Å². The molecule has 0 radical (unpaired) electrons. The number of hydrogen-bond acceptors (Lipinski definition) is 4. The van der Waals surface area contributed by atoms with Gasteiger partial charge in [0, 0.05) is 25.3 Å². The lowest BCUT2D eigenvalue weighted by Crippen LogP contribution is -2.29. The second kappa shape index (κ2) is 5.58. The van der Waals surface area contributed by atoms with Gasteiger partial charge in [0.15, 0.2) is 5.65 Å². The molecule has 1 aliphatic heterocycles. The fourth-order valence-corrected chi connectivity index (χ4v) is 2.82. The molecular weight excluding hydrogens is 274 g/mol. The predicted molar refractivity (Wildman–Crippen MR) is 81.3 cm³/mol. The van der Waals surface area contributed by atoms with E-state index >= 15 is 0 Å². The monoisotopic (exact) mass is 293 g/mol. The van der Waals surface area contributed by atoms with Crippen molar-refractivity contribution in [3.63, 3.8) is 0 Å². The Balaban J connectivity index is 1.60. The lowest BCUT2D eigenvalue weighted by molar-refractivity contribution is 0.266. The lowest BCUT2D eigenvalue weighted by Gasteiger charge is -2.20. The summed E-state index contributed by atoms with van der Waals surface area (Å²) in [4.78, 5) is 6.95. The van der Waals surface area contributed by atoms with Gasteiger partial charge in [-0.3, -0.25) is 0 Å². The number of anilines is 1. The van der Waals surface area contributed by atoms with Crippen LogP contribution in [0.15, 0.2) is 18.3 Å². The Hall–Kier alpha value is -1.33. The molecule has 108 valence electrons. The van der Waals surface area contributed by atoms with E-state index in [2.05, 4.69) is 34.1 Å². The van der Waals surface area contributed by atoms with Gasteiger partial charge in [0.2, 0.25) is 5.95 Å². The van der Waals surface area contributed by atoms with Crippen LogP contribution in [0.2, 0.25) is 5.02 Å². The predicted octanol–water partition coefficient (Wildman–Crippen LogP) is 2.52. The maximum Gasteiger partial charge on any atom is 0.243 e. The van der Waals surface area contributed by atoms with E-state index in [-0.39, 0.29) is 0 Å². The van der Waals surface area contributed by atoms with Crippen molar-refractivity contribution in [2.45, 2.75) is 26.3 Å². The summed E-state index contributed by atoms with van der Waals surface area (Å²) >= 11 is 5.94. The molecule has 1 aliphatic rings. The van der Waals surface area contributed by atoms with Crippen LogP contribution in [0.3, 0.4) is 0 Å². The number of rotatable bonds is 4. The molecule has 20 heavy (non-hydrogen) atoms. The molecule has 0 aliphatic carbocycles. The van der Waals surface area contributed by atoms with Crippen molar-refractivity contribution in [2.75, 3.05) is 25.0 Å². The summed E-state index contributed by atoms with van der Waals surface area (Å²) in [6, 6.07) is 4.33. The average molecular weight is 294 g/mol. The van der Waals surface area contributed by atoms with Gasteiger partial charge in [-0.05, 0) is 44.9 Å².